The molecule has 0 saturated heterocycles. The van der Waals surface area contributed by atoms with Crippen LogP contribution in [-0.2, 0) is 9.59 Å². The van der Waals surface area contributed by atoms with Gasteiger partial charge in [0.1, 0.15) is 11.6 Å². The van der Waals surface area contributed by atoms with E-state index >= 15 is 0 Å². The average Bonchev–Trinajstić information content (AvgIpc) is 3.53. The minimum absolute atomic E-state index is 0.0156. The van der Waals surface area contributed by atoms with Crippen LogP contribution in [0.25, 0.3) is 5.69 Å². The van der Waals surface area contributed by atoms with E-state index in [0.29, 0.717) is 22.9 Å². The normalized spacial score (nSPS) is 17.3. The van der Waals surface area contributed by atoms with Crippen molar-refractivity contribution in [3.8, 4) is 5.69 Å². The van der Waals surface area contributed by atoms with Crippen molar-refractivity contribution < 1.29 is 14.0 Å². The quantitative estimate of drug-likeness (QED) is 0.655. The number of benzene rings is 1. The van der Waals surface area contributed by atoms with Crippen molar-refractivity contribution in [1.29, 1.82) is 0 Å². The molecule has 0 bridgehead atoms. The highest BCUT2D eigenvalue weighted by molar-refractivity contribution is 6.30. The highest BCUT2D eigenvalue weighted by Gasteiger charge is 2.48. The number of carbonyl (C=O) groups excluding carboxylic acids is 2. The number of hydrogen-bond acceptors (Lipinski definition) is 4. The Morgan fingerprint density at radius 3 is 2.50 bits per heavy atom. The minimum atomic E-state index is -0.677. The fourth-order valence-corrected chi connectivity index (χ4v) is 3.18. The van der Waals surface area contributed by atoms with Gasteiger partial charge in [0.05, 0.1) is 28.2 Å². The summed E-state index contributed by atoms with van der Waals surface area (Å²) in [5.41, 5.74) is 0.0316. The molecule has 152 valence electrons. The highest BCUT2D eigenvalue weighted by Crippen LogP contribution is 2.40. The number of hydrogen-bond donors (Lipinski definition) is 2. The standard InChI is InChI=1S/C21H16ClFN4O3/c22-12-4-7-18(24-11-12)26-21(30)15-10-14(15)20(29)25-17-6-5-13(9-16(17)23)27-8-2-1-3-19(27)28/h1-9,11,14-15H,10H2,(H,25,29)(H,24,26,30). The van der Waals surface area contributed by atoms with Gasteiger partial charge in [0.15, 0.2) is 0 Å². The Hall–Kier alpha value is -3.52. The largest absolute Gasteiger partial charge is 0.323 e. The van der Waals surface area contributed by atoms with Crippen molar-refractivity contribution in [1.82, 2.24) is 9.55 Å². The fourth-order valence-electron chi connectivity index (χ4n) is 3.06. The van der Waals surface area contributed by atoms with Crippen LogP contribution in [0.3, 0.4) is 0 Å². The van der Waals surface area contributed by atoms with Gasteiger partial charge in [0.25, 0.3) is 5.56 Å². The smallest absolute Gasteiger partial charge is 0.255 e. The molecule has 0 radical (unpaired) electrons. The lowest BCUT2D eigenvalue weighted by atomic mass is 10.2. The first kappa shape index (κ1) is 19.8. The first-order valence-corrected chi connectivity index (χ1v) is 9.51. The van der Waals surface area contributed by atoms with Gasteiger partial charge >= 0.3 is 0 Å². The summed E-state index contributed by atoms with van der Waals surface area (Å²) in [5.74, 6) is -2.16. The molecule has 2 unspecified atom stereocenters. The predicted molar refractivity (Wildman–Crippen MR) is 110 cm³/mol. The Morgan fingerprint density at radius 2 is 1.83 bits per heavy atom. The number of rotatable bonds is 5. The summed E-state index contributed by atoms with van der Waals surface area (Å²) in [7, 11) is 0. The summed E-state index contributed by atoms with van der Waals surface area (Å²) >= 11 is 5.75. The maximum Gasteiger partial charge on any atom is 0.255 e. The number of aromatic nitrogens is 2. The van der Waals surface area contributed by atoms with Crippen LogP contribution in [0, 0.1) is 17.7 Å². The van der Waals surface area contributed by atoms with Crippen molar-refractivity contribution in [2.45, 2.75) is 6.42 Å². The molecule has 9 heteroatoms. The van der Waals surface area contributed by atoms with E-state index in [1.807, 2.05) is 0 Å². The molecule has 1 aromatic carbocycles. The van der Waals surface area contributed by atoms with Gasteiger partial charge in [-0.15, -0.1) is 0 Å². The fraction of sp³-hybridized carbons (Fsp3) is 0.143. The molecule has 2 N–H and O–H groups in total. The zero-order valence-corrected chi connectivity index (χ0v) is 16.3. The Bertz CT molecular complexity index is 1180. The van der Waals surface area contributed by atoms with E-state index in [-0.39, 0.29) is 17.2 Å². The topological polar surface area (TPSA) is 93.1 Å². The lowest BCUT2D eigenvalue weighted by Gasteiger charge is -2.10. The summed E-state index contributed by atoms with van der Waals surface area (Å²) in [5, 5.41) is 5.58. The van der Waals surface area contributed by atoms with E-state index in [0.717, 1.165) is 0 Å². The third-order valence-electron chi connectivity index (χ3n) is 4.75. The number of halogens is 2. The molecule has 1 fully saturated rings. The number of nitrogens with one attached hydrogen (secondary N) is 2. The summed E-state index contributed by atoms with van der Waals surface area (Å²) in [6.07, 6.45) is 3.30. The zero-order chi connectivity index (χ0) is 21.3. The van der Waals surface area contributed by atoms with Crippen molar-refractivity contribution in [2.24, 2.45) is 11.8 Å². The second-order valence-electron chi connectivity index (χ2n) is 6.86. The van der Waals surface area contributed by atoms with Gasteiger partial charge in [-0.2, -0.15) is 0 Å². The summed E-state index contributed by atoms with van der Waals surface area (Å²) in [6, 6.07) is 11.9. The lowest BCUT2D eigenvalue weighted by molar-refractivity contribution is -0.122. The average molecular weight is 427 g/mol. The SMILES string of the molecule is O=C(Nc1ccc(Cl)cn1)C1CC1C(=O)Nc1ccc(-n2ccccc2=O)cc1F. The van der Waals surface area contributed by atoms with Crippen LogP contribution < -0.4 is 16.2 Å². The number of carbonyl (C=O) groups is 2. The Morgan fingerprint density at radius 1 is 1.07 bits per heavy atom. The number of amides is 2. The van der Waals surface area contributed by atoms with Crippen LogP contribution in [-0.4, -0.2) is 21.4 Å². The monoisotopic (exact) mass is 426 g/mol. The van der Waals surface area contributed by atoms with Crippen LogP contribution in [0.15, 0.2) is 65.7 Å². The van der Waals surface area contributed by atoms with Gasteiger partial charge in [-0.3, -0.25) is 19.0 Å². The molecular formula is C21H16ClFN4O3. The van der Waals surface area contributed by atoms with E-state index in [4.69, 9.17) is 11.6 Å². The first-order valence-electron chi connectivity index (χ1n) is 9.13. The third-order valence-corrected chi connectivity index (χ3v) is 4.98. The maximum atomic E-state index is 14.5. The molecule has 4 rings (SSSR count). The molecule has 0 spiro atoms. The molecule has 1 saturated carbocycles. The molecule has 2 heterocycles. The van der Waals surface area contributed by atoms with E-state index in [1.165, 1.54) is 41.2 Å². The molecule has 2 aromatic heterocycles. The van der Waals surface area contributed by atoms with Gasteiger partial charge in [-0.25, -0.2) is 9.37 Å². The van der Waals surface area contributed by atoms with Crippen LogP contribution in [0.4, 0.5) is 15.9 Å². The second-order valence-corrected chi connectivity index (χ2v) is 7.30. The van der Waals surface area contributed by atoms with Crippen molar-refractivity contribution in [3.63, 3.8) is 0 Å². The van der Waals surface area contributed by atoms with Crippen LogP contribution in [0.1, 0.15) is 6.42 Å². The minimum Gasteiger partial charge on any atom is -0.323 e. The van der Waals surface area contributed by atoms with Crippen LogP contribution >= 0.6 is 11.6 Å². The Balaban J connectivity index is 1.39. The molecule has 30 heavy (non-hydrogen) atoms. The van der Waals surface area contributed by atoms with E-state index in [9.17, 15) is 18.8 Å². The summed E-state index contributed by atoms with van der Waals surface area (Å²) in [6.45, 7) is 0. The molecule has 7 nitrogen and oxygen atoms in total. The van der Waals surface area contributed by atoms with E-state index in [1.54, 1.807) is 24.3 Å². The lowest BCUT2D eigenvalue weighted by Crippen LogP contribution is -2.21. The zero-order valence-electron chi connectivity index (χ0n) is 15.5. The summed E-state index contributed by atoms with van der Waals surface area (Å²) < 4.78 is 15.8. The number of anilines is 2. The summed E-state index contributed by atoms with van der Waals surface area (Å²) in [4.78, 5) is 40.5. The van der Waals surface area contributed by atoms with Gasteiger partial charge in [0, 0.05) is 24.5 Å². The molecule has 0 aliphatic heterocycles. The molecule has 2 atom stereocenters. The molecular weight excluding hydrogens is 411 g/mol. The van der Waals surface area contributed by atoms with Crippen molar-refractivity contribution >= 4 is 34.9 Å². The third kappa shape index (κ3) is 4.23. The van der Waals surface area contributed by atoms with E-state index < -0.39 is 23.6 Å². The van der Waals surface area contributed by atoms with Crippen LogP contribution in [0.2, 0.25) is 5.02 Å². The number of nitrogens with zero attached hydrogens (tertiary/aromatic N) is 2. The van der Waals surface area contributed by atoms with Crippen molar-refractivity contribution in [3.05, 3.63) is 82.1 Å². The first-order chi connectivity index (χ1) is 14.4. The van der Waals surface area contributed by atoms with Gasteiger partial charge < -0.3 is 10.6 Å². The van der Waals surface area contributed by atoms with Gasteiger partial charge in [-0.1, -0.05) is 17.7 Å². The predicted octanol–water partition coefficient (Wildman–Crippen LogP) is 3.24. The Kier molecular flexibility index (Phi) is 5.33. The van der Waals surface area contributed by atoms with Crippen LogP contribution in [0.5, 0.6) is 0 Å². The second kappa shape index (κ2) is 8.08. The van der Waals surface area contributed by atoms with Gasteiger partial charge in [-0.05, 0) is 36.8 Å². The van der Waals surface area contributed by atoms with Crippen molar-refractivity contribution in [2.75, 3.05) is 10.6 Å². The highest BCUT2D eigenvalue weighted by atomic mass is 35.5. The van der Waals surface area contributed by atoms with E-state index in [2.05, 4.69) is 15.6 Å². The van der Waals surface area contributed by atoms with Gasteiger partial charge in [0.2, 0.25) is 11.8 Å². The Labute approximate surface area is 175 Å². The number of pyridine rings is 2. The molecule has 1 aliphatic carbocycles. The molecule has 2 amide bonds. The molecule has 1 aliphatic rings. The maximum absolute atomic E-state index is 14.5. The molecule has 3 aromatic rings.